The van der Waals surface area contributed by atoms with Gasteiger partial charge in [0, 0.05) is 26.3 Å². The van der Waals surface area contributed by atoms with Crippen LogP contribution in [0.25, 0.3) is 0 Å². The van der Waals surface area contributed by atoms with Gasteiger partial charge in [-0.2, -0.15) is 5.26 Å². The van der Waals surface area contributed by atoms with Crippen molar-refractivity contribution in [2.24, 2.45) is 13.0 Å². The molecule has 5 heteroatoms. The average Bonchev–Trinajstić information content (AvgIpc) is 3.03. The number of aromatic nitrogens is 1. The molecule has 0 spiro atoms. The number of hydrogen-bond acceptors (Lipinski definition) is 3. The molecule has 2 aromatic rings. The van der Waals surface area contributed by atoms with Crippen LogP contribution in [-0.4, -0.2) is 35.0 Å². The molecule has 1 aliphatic rings. The Morgan fingerprint density at radius 1 is 1.28 bits per heavy atom. The van der Waals surface area contributed by atoms with Gasteiger partial charge in [0.25, 0.3) is 5.91 Å². The van der Waals surface area contributed by atoms with E-state index in [2.05, 4.69) is 40.6 Å². The molecule has 0 saturated carbocycles. The summed E-state index contributed by atoms with van der Waals surface area (Å²) in [4.78, 5) is 14.8. The summed E-state index contributed by atoms with van der Waals surface area (Å²) in [6, 6.07) is 14.3. The summed E-state index contributed by atoms with van der Waals surface area (Å²) in [5.74, 6) is 0.419. The molecule has 2 heterocycles. The van der Waals surface area contributed by atoms with Crippen LogP contribution in [0.15, 0.2) is 42.6 Å². The van der Waals surface area contributed by atoms with Crippen LogP contribution in [0.5, 0.6) is 0 Å². The van der Waals surface area contributed by atoms with Gasteiger partial charge in [-0.15, -0.1) is 0 Å². The number of nitriles is 1. The van der Waals surface area contributed by atoms with E-state index in [1.165, 1.54) is 5.56 Å². The SMILES string of the molecule is Cn1cc(C#N)cc1C(=O)NCC1CCN(Cc2ccccc2)CC1. The Kier molecular flexibility index (Phi) is 5.52. The summed E-state index contributed by atoms with van der Waals surface area (Å²) in [6.45, 7) is 3.83. The number of carbonyl (C=O) groups excluding carboxylic acids is 1. The van der Waals surface area contributed by atoms with Crippen LogP contribution in [0.1, 0.15) is 34.5 Å². The maximum Gasteiger partial charge on any atom is 0.267 e. The van der Waals surface area contributed by atoms with Gasteiger partial charge in [0.2, 0.25) is 0 Å². The summed E-state index contributed by atoms with van der Waals surface area (Å²) >= 11 is 0. The predicted molar refractivity (Wildman–Crippen MR) is 96.9 cm³/mol. The van der Waals surface area contributed by atoms with Crippen LogP contribution in [0, 0.1) is 17.2 Å². The van der Waals surface area contributed by atoms with Gasteiger partial charge in [0.05, 0.1) is 5.56 Å². The van der Waals surface area contributed by atoms with Gasteiger partial charge < -0.3 is 9.88 Å². The summed E-state index contributed by atoms with van der Waals surface area (Å²) in [5.41, 5.74) is 2.41. The first-order valence-electron chi connectivity index (χ1n) is 8.76. The summed E-state index contributed by atoms with van der Waals surface area (Å²) in [6.07, 6.45) is 3.88. The fourth-order valence-electron chi connectivity index (χ4n) is 3.37. The second-order valence-corrected chi connectivity index (χ2v) is 6.75. The van der Waals surface area contributed by atoms with Crippen molar-refractivity contribution in [3.05, 3.63) is 59.4 Å². The minimum Gasteiger partial charge on any atom is -0.350 e. The van der Waals surface area contributed by atoms with Crippen molar-refractivity contribution in [3.63, 3.8) is 0 Å². The highest BCUT2D eigenvalue weighted by molar-refractivity contribution is 5.93. The van der Waals surface area contributed by atoms with E-state index in [9.17, 15) is 4.79 Å². The molecule has 0 atom stereocenters. The van der Waals surface area contributed by atoms with Crippen molar-refractivity contribution >= 4 is 5.91 Å². The Balaban J connectivity index is 1.44. The molecular weight excluding hydrogens is 312 g/mol. The maximum atomic E-state index is 12.3. The molecule has 1 aliphatic heterocycles. The first-order valence-corrected chi connectivity index (χ1v) is 8.76. The number of nitrogens with one attached hydrogen (secondary N) is 1. The van der Waals surface area contributed by atoms with E-state index in [1.807, 2.05) is 6.07 Å². The van der Waals surface area contributed by atoms with Crippen LogP contribution < -0.4 is 5.32 Å². The zero-order chi connectivity index (χ0) is 17.6. The lowest BCUT2D eigenvalue weighted by Crippen LogP contribution is -2.38. The average molecular weight is 336 g/mol. The molecule has 5 nitrogen and oxygen atoms in total. The highest BCUT2D eigenvalue weighted by Crippen LogP contribution is 2.18. The first kappa shape index (κ1) is 17.2. The van der Waals surface area contributed by atoms with Crippen LogP contribution in [0.4, 0.5) is 0 Å². The van der Waals surface area contributed by atoms with Gasteiger partial charge in [0.1, 0.15) is 11.8 Å². The van der Waals surface area contributed by atoms with E-state index in [1.54, 1.807) is 23.9 Å². The van der Waals surface area contributed by atoms with Gasteiger partial charge in [-0.25, -0.2) is 0 Å². The van der Waals surface area contributed by atoms with Crippen molar-refractivity contribution in [3.8, 4) is 6.07 Å². The lowest BCUT2D eigenvalue weighted by molar-refractivity contribution is 0.0927. The minimum atomic E-state index is -0.101. The molecule has 0 radical (unpaired) electrons. The monoisotopic (exact) mass is 336 g/mol. The van der Waals surface area contributed by atoms with E-state index in [-0.39, 0.29) is 5.91 Å². The number of carbonyl (C=O) groups is 1. The van der Waals surface area contributed by atoms with Gasteiger partial charge in [-0.3, -0.25) is 9.69 Å². The standard InChI is InChI=1S/C20H24N4O/c1-23-14-18(12-21)11-19(23)20(25)22-13-16-7-9-24(10-8-16)15-17-5-3-2-4-6-17/h2-6,11,14,16H,7-10,13,15H2,1H3,(H,22,25). The number of likely N-dealkylation sites (tertiary alicyclic amines) is 1. The van der Waals surface area contributed by atoms with E-state index < -0.39 is 0 Å². The third-order valence-corrected chi connectivity index (χ3v) is 4.87. The molecule has 1 aromatic carbocycles. The number of benzene rings is 1. The second-order valence-electron chi connectivity index (χ2n) is 6.75. The summed E-state index contributed by atoms with van der Waals surface area (Å²) < 4.78 is 1.70. The number of rotatable bonds is 5. The van der Waals surface area contributed by atoms with E-state index >= 15 is 0 Å². The molecule has 0 aliphatic carbocycles. The summed E-state index contributed by atoms with van der Waals surface area (Å²) in [5, 5.41) is 11.9. The number of aryl methyl sites for hydroxylation is 1. The molecule has 130 valence electrons. The molecule has 25 heavy (non-hydrogen) atoms. The predicted octanol–water partition coefficient (Wildman–Crippen LogP) is 2.54. The molecule has 1 saturated heterocycles. The normalized spacial score (nSPS) is 15.7. The Labute approximate surface area is 148 Å². The fourth-order valence-corrected chi connectivity index (χ4v) is 3.37. The maximum absolute atomic E-state index is 12.3. The first-order chi connectivity index (χ1) is 12.2. The number of nitrogens with zero attached hydrogens (tertiary/aromatic N) is 3. The quantitative estimate of drug-likeness (QED) is 0.913. The van der Waals surface area contributed by atoms with Crippen molar-refractivity contribution in [2.75, 3.05) is 19.6 Å². The van der Waals surface area contributed by atoms with Gasteiger partial charge >= 0.3 is 0 Å². The van der Waals surface area contributed by atoms with E-state index in [0.717, 1.165) is 32.5 Å². The highest BCUT2D eigenvalue weighted by atomic mass is 16.1. The number of hydrogen-bond donors (Lipinski definition) is 1. The third kappa shape index (κ3) is 4.49. The zero-order valence-electron chi connectivity index (χ0n) is 14.6. The molecule has 1 fully saturated rings. The van der Waals surface area contributed by atoms with Gasteiger partial charge in [0.15, 0.2) is 0 Å². The van der Waals surface area contributed by atoms with Crippen molar-refractivity contribution in [1.29, 1.82) is 5.26 Å². The fraction of sp³-hybridized carbons (Fsp3) is 0.400. The minimum absolute atomic E-state index is 0.101. The molecular formula is C20H24N4O. The Morgan fingerprint density at radius 3 is 2.64 bits per heavy atom. The molecule has 0 unspecified atom stereocenters. The molecule has 1 aromatic heterocycles. The largest absolute Gasteiger partial charge is 0.350 e. The van der Waals surface area contributed by atoms with Crippen LogP contribution in [-0.2, 0) is 13.6 Å². The van der Waals surface area contributed by atoms with Crippen LogP contribution >= 0.6 is 0 Å². The van der Waals surface area contributed by atoms with Crippen molar-refractivity contribution in [1.82, 2.24) is 14.8 Å². The van der Waals surface area contributed by atoms with Crippen LogP contribution in [0.2, 0.25) is 0 Å². The number of piperidine rings is 1. The molecule has 0 bridgehead atoms. The summed E-state index contributed by atoms with van der Waals surface area (Å²) in [7, 11) is 1.79. The lowest BCUT2D eigenvalue weighted by Gasteiger charge is -2.32. The van der Waals surface area contributed by atoms with E-state index in [4.69, 9.17) is 5.26 Å². The third-order valence-electron chi connectivity index (χ3n) is 4.87. The van der Waals surface area contributed by atoms with Crippen molar-refractivity contribution < 1.29 is 4.79 Å². The molecule has 3 rings (SSSR count). The smallest absolute Gasteiger partial charge is 0.267 e. The second kappa shape index (κ2) is 8.00. The Morgan fingerprint density at radius 2 is 2.00 bits per heavy atom. The zero-order valence-corrected chi connectivity index (χ0v) is 14.6. The topological polar surface area (TPSA) is 61.1 Å². The van der Waals surface area contributed by atoms with Gasteiger partial charge in [-0.05, 0) is 43.5 Å². The van der Waals surface area contributed by atoms with Crippen LogP contribution in [0.3, 0.4) is 0 Å². The van der Waals surface area contributed by atoms with Gasteiger partial charge in [-0.1, -0.05) is 30.3 Å². The van der Waals surface area contributed by atoms with E-state index in [0.29, 0.717) is 23.7 Å². The highest BCUT2D eigenvalue weighted by Gasteiger charge is 2.20. The Bertz CT molecular complexity index is 752. The molecule has 1 amide bonds. The number of amides is 1. The lowest BCUT2D eigenvalue weighted by atomic mass is 9.96. The molecule has 1 N–H and O–H groups in total. The van der Waals surface area contributed by atoms with Crippen molar-refractivity contribution in [2.45, 2.75) is 19.4 Å². The Hall–Kier alpha value is -2.58.